The normalized spacial score (nSPS) is 22.8. The number of rotatable bonds is 4. The van der Waals surface area contributed by atoms with Gasteiger partial charge < -0.3 is 10.1 Å². The minimum atomic E-state index is -3.14. The van der Waals surface area contributed by atoms with E-state index in [4.69, 9.17) is 9.72 Å². The number of carbonyl (C=O) groups is 2. The third kappa shape index (κ3) is 4.12. The van der Waals surface area contributed by atoms with Crippen LogP contribution in [0.2, 0.25) is 0 Å². The predicted octanol–water partition coefficient (Wildman–Crippen LogP) is 1.96. The van der Waals surface area contributed by atoms with Crippen LogP contribution in [0.4, 0.5) is 0 Å². The summed E-state index contributed by atoms with van der Waals surface area (Å²) in [6.45, 7) is 1.25. The van der Waals surface area contributed by atoms with Crippen molar-refractivity contribution in [2.75, 3.05) is 18.1 Å². The van der Waals surface area contributed by atoms with E-state index in [9.17, 15) is 18.0 Å². The van der Waals surface area contributed by atoms with Crippen molar-refractivity contribution >= 4 is 32.6 Å². The molecule has 1 aromatic carbocycles. The number of sulfone groups is 1. The van der Waals surface area contributed by atoms with Gasteiger partial charge in [-0.25, -0.2) is 13.2 Å². The highest BCUT2D eigenvalue weighted by Gasteiger charge is 2.39. The summed E-state index contributed by atoms with van der Waals surface area (Å²) in [5, 5.41) is 3.44. The Morgan fingerprint density at radius 2 is 1.97 bits per heavy atom. The molecule has 2 heterocycles. The summed E-state index contributed by atoms with van der Waals surface area (Å²) in [6, 6.07) is 7.45. The van der Waals surface area contributed by atoms with Gasteiger partial charge in [0.05, 0.1) is 28.1 Å². The molecule has 1 aliphatic heterocycles. The number of nitrogens with one attached hydrogen (secondary N) is 1. The van der Waals surface area contributed by atoms with E-state index in [0.717, 1.165) is 47.8 Å². The molecule has 1 N–H and O–H groups in total. The first kappa shape index (κ1) is 19.8. The predicted molar refractivity (Wildman–Crippen MR) is 108 cm³/mol. The monoisotopic (exact) mass is 416 g/mol. The van der Waals surface area contributed by atoms with Gasteiger partial charge in [0, 0.05) is 11.1 Å². The average Bonchev–Trinajstić information content (AvgIpc) is 2.96. The molecule has 1 aliphatic carbocycles. The number of aromatic nitrogens is 1. The van der Waals surface area contributed by atoms with E-state index in [0.29, 0.717) is 12.0 Å². The van der Waals surface area contributed by atoms with E-state index in [1.54, 1.807) is 6.92 Å². The zero-order valence-corrected chi connectivity index (χ0v) is 17.2. The number of para-hydroxylation sites is 1. The fourth-order valence-electron chi connectivity index (χ4n) is 4.29. The molecule has 0 radical (unpaired) electrons. The Morgan fingerprint density at radius 1 is 1.21 bits per heavy atom. The first-order valence-electron chi connectivity index (χ1n) is 9.85. The fourth-order valence-corrected chi connectivity index (χ4v) is 6.38. The third-order valence-electron chi connectivity index (χ3n) is 5.65. The summed E-state index contributed by atoms with van der Waals surface area (Å²) >= 11 is 0. The minimum absolute atomic E-state index is 0.0543. The van der Waals surface area contributed by atoms with Crippen LogP contribution in [0, 0.1) is 0 Å². The lowest BCUT2D eigenvalue weighted by atomic mass is 9.90. The lowest BCUT2D eigenvalue weighted by Crippen LogP contribution is -2.48. The summed E-state index contributed by atoms with van der Waals surface area (Å²) in [4.78, 5) is 29.9. The molecular weight excluding hydrogens is 392 g/mol. The summed E-state index contributed by atoms with van der Waals surface area (Å²) in [6.07, 6.45) is 3.97. The minimum Gasteiger partial charge on any atom is -0.452 e. The molecule has 1 aromatic heterocycles. The average molecular weight is 416 g/mol. The summed E-state index contributed by atoms with van der Waals surface area (Å²) in [7, 11) is -3.14. The summed E-state index contributed by atoms with van der Waals surface area (Å²) in [5.74, 6) is -1.08. The molecule has 29 heavy (non-hydrogen) atoms. The van der Waals surface area contributed by atoms with Crippen molar-refractivity contribution < 1.29 is 22.7 Å². The number of amides is 1. The van der Waals surface area contributed by atoms with Gasteiger partial charge in [0.2, 0.25) is 0 Å². The lowest BCUT2D eigenvalue weighted by molar-refractivity contribution is -0.125. The number of nitrogens with zero attached hydrogens (tertiary/aromatic N) is 1. The number of hydrogen-bond donors (Lipinski definition) is 1. The molecule has 0 spiro atoms. The quantitative estimate of drug-likeness (QED) is 0.765. The van der Waals surface area contributed by atoms with Gasteiger partial charge in [-0.05, 0) is 50.7 Å². The lowest BCUT2D eigenvalue weighted by Gasteiger charge is -2.24. The van der Waals surface area contributed by atoms with Crippen LogP contribution < -0.4 is 5.32 Å². The van der Waals surface area contributed by atoms with Crippen molar-refractivity contribution in [3.8, 4) is 0 Å². The zero-order chi connectivity index (χ0) is 20.6. The molecule has 8 heteroatoms. The number of esters is 1. The molecule has 154 valence electrons. The Bertz CT molecular complexity index is 1100. The van der Waals surface area contributed by atoms with Gasteiger partial charge in [0.25, 0.3) is 5.91 Å². The zero-order valence-electron chi connectivity index (χ0n) is 16.4. The number of benzene rings is 1. The molecule has 0 saturated carbocycles. The summed E-state index contributed by atoms with van der Waals surface area (Å²) in [5.41, 5.74) is 2.26. The third-order valence-corrected chi connectivity index (χ3v) is 7.56. The number of carbonyl (C=O) groups excluding carboxylic acids is 2. The van der Waals surface area contributed by atoms with Gasteiger partial charge in [-0.1, -0.05) is 18.2 Å². The number of aryl methyl sites for hydroxylation is 1. The van der Waals surface area contributed by atoms with Crippen LogP contribution in [-0.4, -0.2) is 48.9 Å². The molecule has 2 aliphatic rings. The van der Waals surface area contributed by atoms with Crippen molar-refractivity contribution in [1.29, 1.82) is 0 Å². The standard InChI is InChI=1S/C21H24N2O5S/c1-21(10-11-29(26,27)13-21)23-18(24)12-28-20(25)19-14-6-2-4-8-16(14)22-17-9-5-3-7-15(17)19/h2,4,6,8H,3,5,7,9-13H2,1H3,(H,23,24)/t21-/m1/s1. The van der Waals surface area contributed by atoms with Crippen molar-refractivity contribution in [2.45, 2.75) is 44.6 Å². The van der Waals surface area contributed by atoms with E-state index in [2.05, 4.69) is 5.32 Å². The Labute approximate surface area is 169 Å². The Kier molecular flexibility index (Phi) is 5.06. The number of ether oxygens (including phenoxy) is 1. The molecule has 7 nitrogen and oxygen atoms in total. The maximum absolute atomic E-state index is 12.9. The van der Waals surface area contributed by atoms with Gasteiger partial charge in [0.1, 0.15) is 0 Å². The van der Waals surface area contributed by atoms with Crippen LogP contribution >= 0.6 is 0 Å². The highest BCUT2D eigenvalue weighted by atomic mass is 32.2. The second-order valence-corrected chi connectivity index (χ2v) is 10.3. The van der Waals surface area contributed by atoms with Crippen molar-refractivity contribution in [1.82, 2.24) is 10.3 Å². The van der Waals surface area contributed by atoms with Gasteiger partial charge in [-0.3, -0.25) is 9.78 Å². The first-order valence-corrected chi connectivity index (χ1v) is 11.7. The molecule has 4 rings (SSSR count). The number of hydrogen-bond acceptors (Lipinski definition) is 6. The van der Waals surface area contributed by atoms with Crippen LogP contribution in [0.5, 0.6) is 0 Å². The van der Waals surface area contributed by atoms with Crippen LogP contribution in [0.25, 0.3) is 10.9 Å². The molecule has 1 fully saturated rings. The smallest absolute Gasteiger partial charge is 0.339 e. The van der Waals surface area contributed by atoms with Crippen molar-refractivity contribution in [3.63, 3.8) is 0 Å². The Hall–Kier alpha value is -2.48. The number of pyridine rings is 1. The molecule has 1 amide bonds. The van der Waals surface area contributed by atoms with Gasteiger partial charge >= 0.3 is 5.97 Å². The topological polar surface area (TPSA) is 102 Å². The molecule has 0 bridgehead atoms. The van der Waals surface area contributed by atoms with Crippen LogP contribution in [0.1, 0.15) is 47.8 Å². The second-order valence-electron chi connectivity index (χ2n) is 8.16. The summed E-state index contributed by atoms with van der Waals surface area (Å²) < 4.78 is 28.7. The van der Waals surface area contributed by atoms with E-state index >= 15 is 0 Å². The van der Waals surface area contributed by atoms with E-state index in [-0.39, 0.29) is 11.5 Å². The Morgan fingerprint density at radius 3 is 2.72 bits per heavy atom. The van der Waals surface area contributed by atoms with Crippen LogP contribution in [0.15, 0.2) is 24.3 Å². The molecule has 1 atom stereocenters. The van der Waals surface area contributed by atoms with E-state index in [1.807, 2.05) is 24.3 Å². The Balaban J connectivity index is 1.52. The highest BCUT2D eigenvalue weighted by molar-refractivity contribution is 7.91. The van der Waals surface area contributed by atoms with Crippen LogP contribution in [-0.2, 0) is 32.2 Å². The highest BCUT2D eigenvalue weighted by Crippen LogP contribution is 2.30. The molecular formula is C21H24N2O5S. The SMILES string of the molecule is C[C@@]1(NC(=O)COC(=O)c2c3c(nc4ccccc24)CCCC3)CCS(=O)(=O)C1. The van der Waals surface area contributed by atoms with E-state index in [1.165, 1.54) is 0 Å². The molecule has 0 unspecified atom stereocenters. The van der Waals surface area contributed by atoms with Gasteiger partial charge in [0.15, 0.2) is 16.4 Å². The fraction of sp³-hybridized carbons (Fsp3) is 0.476. The van der Waals surface area contributed by atoms with Crippen molar-refractivity contribution in [3.05, 3.63) is 41.1 Å². The maximum Gasteiger partial charge on any atom is 0.339 e. The van der Waals surface area contributed by atoms with Gasteiger partial charge in [-0.15, -0.1) is 0 Å². The largest absolute Gasteiger partial charge is 0.452 e. The second kappa shape index (κ2) is 7.40. The number of fused-ring (bicyclic) bond motifs is 2. The first-order chi connectivity index (χ1) is 13.8. The molecule has 2 aromatic rings. The van der Waals surface area contributed by atoms with Crippen LogP contribution in [0.3, 0.4) is 0 Å². The van der Waals surface area contributed by atoms with E-state index < -0.39 is 33.9 Å². The van der Waals surface area contributed by atoms with Gasteiger partial charge in [-0.2, -0.15) is 0 Å². The van der Waals surface area contributed by atoms with Crippen molar-refractivity contribution in [2.24, 2.45) is 0 Å². The molecule has 1 saturated heterocycles. The maximum atomic E-state index is 12.9.